The lowest BCUT2D eigenvalue weighted by Crippen LogP contribution is -2.33. The van der Waals surface area contributed by atoms with Crippen molar-refractivity contribution in [3.63, 3.8) is 0 Å². The van der Waals surface area contributed by atoms with Crippen LogP contribution >= 0.6 is 15.9 Å². The highest BCUT2D eigenvalue weighted by atomic mass is 79.9. The molecule has 0 bridgehead atoms. The summed E-state index contributed by atoms with van der Waals surface area (Å²) in [6.07, 6.45) is 0.0222. The van der Waals surface area contributed by atoms with E-state index in [1.165, 1.54) is 5.56 Å². The molecule has 1 aromatic carbocycles. The van der Waals surface area contributed by atoms with Crippen molar-refractivity contribution in [3.05, 3.63) is 28.2 Å². The van der Waals surface area contributed by atoms with E-state index in [0.717, 1.165) is 10.2 Å². The van der Waals surface area contributed by atoms with Gasteiger partial charge >= 0.3 is 0 Å². The third-order valence-electron chi connectivity index (χ3n) is 2.14. The maximum atomic E-state index is 5.72. The number of hydrogen-bond acceptors (Lipinski definition) is 2. The van der Waals surface area contributed by atoms with E-state index in [4.69, 9.17) is 10.5 Å². The van der Waals surface area contributed by atoms with Gasteiger partial charge in [-0.3, -0.25) is 0 Å². The first-order chi connectivity index (χ1) is 6.50. The quantitative estimate of drug-likeness (QED) is 0.904. The van der Waals surface area contributed by atoms with Gasteiger partial charge < -0.3 is 10.5 Å². The summed E-state index contributed by atoms with van der Waals surface area (Å²) < 4.78 is 6.67. The first kappa shape index (κ1) is 11.5. The molecule has 0 amide bonds. The van der Waals surface area contributed by atoms with Crippen molar-refractivity contribution < 1.29 is 4.74 Å². The Morgan fingerprint density at radius 3 is 2.50 bits per heavy atom. The Kier molecular flexibility index (Phi) is 3.96. The van der Waals surface area contributed by atoms with Crippen LogP contribution in [0.5, 0.6) is 5.75 Å². The molecule has 1 rings (SSSR count). The molecule has 2 nitrogen and oxygen atoms in total. The lowest BCUT2D eigenvalue weighted by Gasteiger charge is -2.19. The normalized spacial score (nSPS) is 14.9. The summed E-state index contributed by atoms with van der Waals surface area (Å²) in [7, 11) is 0. The highest BCUT2D eigenvalue weighted by Crippen LogP contribution is 2.26. The average molecular weight is 258 g/mol. The lowest BCUT2D eigenvalue weighted by atomic mass is 10.2. The van der Waals surface area contributed by atoms with E-state index in [9.17, 15) is 0 Å². The molecule has 0 saturated carbocycles. The van der Waals surface area contributed by atoms with Gasteiger partial charge in [0.25, 0.3) is 0 Å². The van der Waals surface area contributed by atoms with Crippen molar-refractivity contribution in [2.24, 2.45) is 5.73 Å². The van der Waals surface area contributed by atoms with Gasteiger partial charge in [-0.15, -0.1) is 0 Å². The Morgan fingerprint density at radius 1 is 1.36 bits per heavy atom. The molecule has 0 aliphatic rings. The Balaban J connectivity index is 2.77. The van der Waals surface area contributed by atoms with Crippen LogP contribution in [0.1, 0.15) is 19.4 Å². The van der Waals surface area contributed by atoms with Crippen molar-refractivity contribution >= 4 is 15.9 Å². The minimum atomic E-state index is 0.0222. The highest BCUT2D eigenvalue weighted by Gasteiger charge is 2.10. The standard InChI is InChI=1S/C11H16BrNO/c1-7-4-5-11(10(12)6-7)14-9(3)8(2)13/h4-6,8-9H,13H2,1-3H3. The van der Waals surface area contributed by atoms with Crippen molar-refractivity contribution in [2.45, 2.75) is 32.9 Å². The van der Waals surface area contributed by atoms with Crippen molar-refractivity contribution in [3.8, 4) is 5.75 Å². The number of ether oxygens (including phenoxy) is 1. The van der Waals surface area contributed by atoms with Crippen LogP contribution in [0.4, 0.5) is 0 Å². The van der Waals surface area contributed by atoms with Crippen molar-refractivity contribution in [1.82, 2.24) is 0 Å². The predicted octanol–water partition coefficient (Wildman–Crippen LogP) is 2.87. The van der Waals surface area contributed by atoms with Crippen LogP contribution in [0, 0.1) is 6.92 Å². The van der Waals surface area contributed by atoms with E-state index < -0.39 is 0 Å². The molecular formula is C11H16BrNO. The molecule has 78 valence electrons. The van der Waals surface area contributed by atoms with E-state index in [-0.39, 0.29) is 12.1 Å². The number of benzene rings is 1. The third kappa shape index (κ3) is 3.00. The van der Waals surface area contributed by atoms with Crippen LogP contribution in [0.25, 0.3) is 0 Å². The second-order valence-electron chi connectivity index (χ2n) is 3.62. The number of hydrogen-bond donors (Lipinski definition) is 1. The summed E-state index contributed by atoms with van der Waals surface area (Å²) in [5.41, 5.74) is 6.93. The molecule has 0 spiro atoms. The van der Waals surface area contributed by atoms with Crippen molar-refractivity contribution in [1.29, 1.82) is 0 Å². The number of aryl methyl sites for hydroxylation is 1. The molecular weight excluding hydrogens is 242 g/mol. The fraction of sp³-hybridized carbons (Fsp3) is 0.455. The summed E-state index contributed by atoms with van der Waals surface area (Å²) in [5, 5.41) is 0. The molecule has 0 fully saturated rings. The van der Waals surface area contributed by atoms with Gasteiger partial charge in [-0.1, -0.05) is 6.07 Å². The summed E-state index contributed by atoms with van der Waals surface area (Å²) >= 11 is 3.46. The summed E-state index contributed by atoms with van der Waals surface area (Å²) in [5.74, 6) is 0.848. The van der Waals surface area contributed by atoms with Gasteiger partial charge in [-0.2, -0.15) is 0 Å². The van der Waals surface area contributed by atoms with Gasteiger partial charge in [0.05, 0.1) is 4.47 Å². The van der Waals surface area contributed by atoms with Gasteiger partial charge in [0.15, 0.2) is 0 Å². The topological polar surface area (TPSA) is 35.2 Å². The van der Waals surface area contributed by atoms with Crippen LogP contribution in [0.15, 0.2) is 22.7 Å². The number of rotatable bonds is 3. The van der Waals surface area contributed by atoms with Gasteiger partial charge in [0.1, 0.15) is 11.9 Å². The molecule has 2 atom stereocenters. The summed E-state index contributed by atoms with van der Waals surface area (Å²) in [4.78, 5) is 0. The maximum Gasteiger partial charge on any atom is 0.133 e. The maximum absolute atomic E-state index is 5.72. The molecule has 2 N–H and O–H groups in total. The molecule has 2 unspecified atom stereocenters. The zero-order chi connectivity index (χ0) is 10.7. The van der Waals surface area contributed by atoms with Gasteiger partial charge in [-0.25, -0.2) is 0 Å². The SMILES string of the molecule is Cc1ccc(OC(C)C(C)N)c(Br)c1. The fourth-order valence-electron chi connectivity index (χ4n) is 1.01. The number of halogens is 1. The molecule has 0 radical (unpaired) electrons. The summed E-state index contributed by atoms with van der Waals surface area (Å²) in [6, 6.07) is 6.04. The van der Waals surface area contributed by atoms with E-state index >= 15 is 0 Å². The molecule has 3 heteroatoms. The van der Waals surface area contributed by atoms with Crippen LogP contribution in [-0.2, 0) is 0 Å². The Morgan fingerprint density at radius 2 is 2.00 bits per heavy atom. The van der Waals surface area contributed by atoms with E-state index in [2.05, 4.69) is 15.9 Å². The molecule has 0 heterocycles. The van der Waals surface area contributed by atoms with E-state index in [1.807, 2.05) is 39.0 Å². The van der Waals surface area contributed by atoms with E-state index in [0.29, 0.717) is 0 Å². The largest absolute Gasteiger partial charge is 0.488 e. The zero-order valence-electron chi connectivity index (χ0n) is 8.75. The highest BCUT2D eigenvalue weighted by molar-refractivity contribution is 9.10. The molecule has 14 heavy (non-hydrogen) atoms. The first-order valence-corrected chi connectivity index (χ1v) is 5.48. The van der Waals surface area contributed by atoms with Crippen LogP contribution in [-0.4, -0.2) is 12.1 Å². The third-order valence-corrected chi connectivity index (χ3v) is 2.76. The molecule has 0 aliphatic carbocycles. The van der Waals surface area contributed by atoms with Crippen molar-refractivity contribution in [2.75, 3.05) is 0 Å². The van der Waals surface area contributed by atoms with Crippen LogP contribution < -0.4 is 10.5 Å². The predicted molar refractivity (Wildman–Crippen MR) is 62.6 cm³/mol. The van der Waals surface area contributed by atoms with Gasteiger partial charge in [-0.05, 0) is 54.4 Å². The monoisotopic (exact) mass is 257 g/mol. The lowest BCUT2D eigenvalue weighted by molar-refractivity contribution is 0.195. The summed E-state index contributed by atoms with van der Waals surface area (Å²) in [6.45, 7) is 5.95. The minimum absolute atomic E-state index is 0.0222. The van der Waals surface area contributed by atoms with Crippen LogP contribution in [0.2, 0.25) is 0 Å². The molecule has 1 aromatic rings. The molecule has 0 saturated heterocycles. The van der Waals surface area contributed by atoms with Crippen LogP contribution in [0.3, 0.4) is 0 Å². The average Bonchev–Trinajstić information content (AvgIpc) is 2.09. The second kappa shape index (κ2) is 4.80. The smallest absolute Gasteiger partial charge is 0.133 e. The molecule has 0 aromatic heterocycles. The zero-order valence-corrected chi connectivity index (χ0v) is 10.3. The Labute approximate surface area is 93.6 Å². The Hall–Kier alpha value is -0.540. The first-order valence-electron chi connectivity index (χ1n) is 4.69. The number of nitrogens with two attached hydrogens (primary N) is 1. The second-order valence-corrected chi connectivity index (χ2v) is 4.47. The minimum Gasteiger partial charge on any atom is -0.488 e. The molecule has 0 aliphatic heterocycles. The van der Waals surface area contributed by atoms with E-state index in [1.54, 1.807) is 0 Å². The Bertz CT molecular complexity index is 312. The fourth-order valence-corrected chi connectivity index (χ4v) is 1.60. The van der Waals surface area contributed by atoms with Gasteiger partial charge in [0, 0.05) is 6.04 Å². The van der Waals surface area contributed by atoms with Gasteiger partial charge in [0.2, 0.25) is 0 Å².